The molecule has 2 aromatic rings. The fourth-order valence-electron chi connectivity index (χ4n) is 5.03. The SMILES string of the molecule is CC(C)C[C@@H]1NC(=O)[C@@H](C)CCCCNC(=O)CCC(C(=O)N[C@@H](CCCN=C(N)N)C(=O)c2nc3ccccc3s2)NC1=O. The molecule has 1 aliphatic heterocycles. The van der Waals surface area contributed by atoms with Crippen molar-refractivity contribution < 1.29 is 24.0 Å². The molecule has 14 heteroatoms. The lowest BCUT2D eigenvalue weighted by Crippen LogP contribution is -2.56. The van der Waals surface area contributed by atoms with Crippen LogP contribution in [-0.2, 0) is 19.2 Å². The second-order valence-electron chi connectivity index (χ2n) is 11.9. The highest BCUT2D eigenvalue weighted by Crippen LogP contribution is 2.23. The zero-order valence-electron chi connectivity index (χ0n) is 26.3. The number of aromatic nitrogens is 1. The Balaban J connectivity index is 1.86. The van der Waals surface area contributed by atoms with Crippen LogP contribution in [0.4, 0.5) is 0 Å². The largest absolute Gasteiger partial charge is 0.370 e. The topological polar surface area (TPSA) is 211 Å². The lowest BCUT2D eigenvalue weighted by atomic mass is 9.99. The quantitative estimate of drug-likeness (QED) is 0.0970. The number of aliphatic imine (C=N–C) groups is 1. The fraction of sp³-hybridized carbons (Fsp3) is 0.581. The number of guanidine groups is 1. The fourth-order valence-corrected chi connectivity index (χ4v) is 5.99. The zero-order valence-corrected chi connectivity index (χ0v) is 27.1. The Bertz CT molecular complexity index is 1340. The molecule has 246 valence electrons. The Morgan fingerprint density at radius 3 is 2.56 bits per heavy atom. The Hall–Kier alpha value is -4.07. The molecular formula is C31H46N8O5S. The van der Waals surface area contributed by atoms with Gasteiger partial charge in [0.05, 0.1) is 16.3 Å². The minimum atomic E-state index is -1.14. The second kappa shape index (κ2) is 17.4. The van der Waals surface area contributed by atoms with Crippen molar-refractivity contribution in [2.24, 2.45) is 28.3 Å². The second-order valence-corrected chi connectivity index (χ2v) is 12.9. The summed E-state index contributed by atoms with van der Waals surface area (Å²) in [6, 6.07) is 4.36. The number of ketones is 1. The van der Waals surface area contributed by atoms with E-state index in [1.54, 1.807) is 6.07 Å². The van der Waals surface area contributed by atoms with Crippen molar-refractivity contribution in [3.05, 3.63) is 29.3 Å². The number of nitrogens with one attached hydrogen (secondary N) is 4. The molecule has 0 saturated carbocycles. The number of Topliss-reactive ketones (excluding diaryl/α,β-unsaturated/α-hetero) is 1. The zero-order chi connectivity index (χ0) is 32.9. The van der Waals surface area contributed by atoms with Crippen LogP contribution in [0.15, 0.2) is 29.3 Å². The number of benzene rings is 1. The number of nitrogens with zero attached hydrogens (tertiary/aromatic N) is 2. The molecule has 13 nitrogen and oxygen atoms in total. The Kier molecular flexibility index (Phi) is 13.7. The van der Waals surface area contributed by atoms with E-state index in [1.807, 2.05) is 39.0 Å². The van der Waals surface area contributed by atoms with Crippen molar-refractivity contribution in [2.75, 3.05) is 13.1 Å². The Labute approximate surface area is 267 Å². The molecule has 1 saturated heterocycles. The normalized spacial score (nSPS) is 21.1. The van der Waals surface area contributed by atoms with Crippen molar-refractivity contribution in [3.63, 3.8) is 0 Å². The number of fused-ring (bicyclic) bond motifs is 1. The van der Waals surface area contributed by atoms with Crippen LogP contribution < -0.4 is 32.7 Å². The molecule has 0 aliphatic carbocycles. The number of para-hydroxylation sites is 1. The lowest BCUT2D eigenvalue weighted by Gasteiger charge is -2.26. The van der Waals surface area contributed by atoms with Gasteiger partial charge in [0.25, 0.3) is 0 Å². The predicted octanol–water partition coefficient (Wildman–Crippen LogP) is 1.75. The summed E-state index contributed by atoms with van der Waals surface area (Å²) in [5, 5.41) is 11.5. The van der Waals surface area contributed by atoms with Crippen LogP contribution in [0.25, 0.3) is 10.2 Å². The molecule has 0 bridgehead atoms. The summed E-state index contributed by atoms with van der Waals surface area (Å²) in [6.45, 7) is 6.38. The van der Waals surface area contributed by atoms with Gasteiger partial charge in [0.1, 0.15) is 12.1 Å². The predicted molar refractivity (Wildman–Crippen MR) is 174 cm³/mol. The molecule has 0 spiro atoms. The molecule has 0 radical (unpaired) electrons. The van der Waals surface area contributed by atoms with E-state index in [-0.39, 0.29) is 66.2 Å². The van der Waals surface area contributed by atoms with E-state index < -0.39 is 29.9 Å². The van der Waals surface area contributed by atoms with Gasteiger partial charge in [0.2, 0.25) is 29.4 Å². The molecule has 4 atom stereocenters. The highest BCUT2D eigenvalue weighted by Gasteiger charge is 2.32. The van der Waals surface area contributed by atoms with Crippen LogP contribution in [0, 0.1) is 11.8 Å². The summed E-state index contributed by atoms with van der Waals surface area (Å²) in [5.41, 5.74) is 11.6. The summed E-state index contributed by atoms with van der Waals surface area (Å²) in [4.78, 5) is 75.0. The van der Waals surface area contributed by atoms with Crippen molar-refractivity contribution >= 4 is 56.9 Å². The molecule has 4 amide bonds. The molecule has 1 aliphatic rings. The minimum absolute atomic E-state index is 0.00178. The smallest absolute Gasteiger partial charge is 0.243 e. The van der Waals surface area contributed by atoms with E-state index >= 15 is 0 Å². The number of amides is 4. The van der Waals surface area contributed by atoms with Crippen molar-refractivity contribution in [3.8, 4) is 0 Å². The molecule has 8 N–H and O–H groups in total. The van der Waals surface area contributed by atoms with Crippen molar-refractivity contribution in [1.29, 1.82) is 0 Å². The van der Waals surface area contributed by atoms with Gasteiger partial charge in [-0.1, -0.05) is 39.3 Å². The summed E-state index contributed by atoms with van der Waals surface area (Å²) >= 11 is 1.23. The number of rotatable bonds is 10. The average Bonchev–Trinajstić information content (AvgIpc) is 3.43. The molecule has 3 rings (SSSR count). The minimum Gasteiger partial charge on any atom is -0.370 e. The van der Waals surface area contributed by atoms with Crippen LogP contribution in [0.2, 0.25) is 0 Å². The van der Waals surface area contributed by atoms with Gasteiger partial charge in [0, 0.05) is 25.4 Å². The number of hydrogen-bond donors (Lipinski definition) is 6. The van der Waals surface area contributed by atoms with Gasteiger partial charge in [-0.15, -0.1) is 11.3 Å². The molecule has 2 heterocycles. The van der Waals surface area contributed by atoms with Crippen LogP contribution in [0.5, 0.6) is 0 Å². The van der Waals surface area contributed by atoms with Gasteiger partial charge in [-0.3, -0.25) is 29.0 Å². The monoisotopic (exact) mass is 642 g/mol. The lowest BCUT2D eigenvalue weighted by molar-refractivity contribution is -0.133. The first kappa shape index (κ1) is 35.4. The van der Waals surface area contributed by atoms with Gasteiger partial charge in [0.15, 0.2) is 11.0 Å². The summed E-state index contributed by atoms with van der Waals surface area (Å²) in [6.07, 6.45) is 3.01. The first-order valence-electron chi connectivity index (χ1n) is 15.6. The number of carbonyl (C=O) groups excluding carboxylic acids is 5. The van der Waals surface area contributed by atoms with Crippen LogP contribution in [-0.4, -0.2) is 71.6 Å². The van der Waals surface area contributed by atoms with Gasteiger partial charge >= 0.3 is 0 Å². The Morgan fingerprint density at radius 2 is 1.84 bits per heavy atom. The summed E-state index contributed by atoms with van der Waals surface area (Å²) in [7, 11) is 0. The van der Waals surface area contributed by atoms with Gasteiger partial charge < -0.3 is 32.7 Å². The van der Waals surface area contributed by atoms with E-state index in [9.17, 15) is 24.0 Å². The van der Waals surface area contributed by atoms with Crippen molar-refractivity contribution in [1.82, 2.24) is 26.3 Å². The third-order valence-electron chi connectivity index (χ3n) is 7.55. The number of carbonyl (C=O) groups is 5. The van der Waals surface area contributed by atoms with E-state index in [2.05, 4.69) is 31.2 Å². The van der Waals surface area contributed by atoms with Crippen molar-refractivity contribution in [2.45, 2.75) is 90.3 Å². The third-order valence-corrected chi connectivity index (χ3v) is 8.60. The number of thiazole rings is 1. The van der Waals surface area contributed by atoms with E-state index in [0.29, 0.717) is 37.7 Å². The van der Waals surface area contributed by atoms with Gasteiger partial charge in [-0.05, 0) is 56.6 Å². The first-order chi connectivity index (χ1) is 21.4. The van der Waals surface area contributed by atoms with Gasteiger partial charge in [-0.25, -0.2) is 4.98 Å². The highest BCUT2D eigenvalue weighted by molar-refractivity contribution is 7.20. The van der Waals surface area contributed by atoms with E-state index in [1.165, 1.54) is 11.3 Å². The average molecular weight is 643 g/mol. The molecule has 1 aromatic heterocycles. The third kappa shape index (κ3) is 11.4. The summed E-state index contributed by atoms with van der Waals surface area (Å²) in [5.74, 6) is -2.34. The summed E-state index contributed by atoms with van der Waals surface area (Å²) < 4.78 is 0.833. The van der Waals surface area contributed by atoms with E-state index in [4.69, 9.17) is 11.5 Å². The van der Waals surface area contributed by atoms with Crippen LogP contribution in [0.3, 0.4) is 0 Å². The maximum atomic E-state index is 13.8. The first-order valence-corrected chi connectivity index (χ1v) is 16.4. The number of hydrogen-bond acceptors (Lipinski definition) is 8. The molecule has 1 aromatic carbocycles. The maximum Gasteiger partial charge on any atom is 0.243 e. The Morgan fingerprint density at radius 1 is 1.09 bits per heavy atom. The van der Waals surface area contributed by atoms with E-state index in [0.717, 1.165) is 11.1 Å². The molecular weight excluding hydrogens is 596 g/mol. The standard InChI is InChI=1S/C31H46N8O5S/c1-18(2)17-23-29(44)37-22(13-14-25(40)34-15-7-6-9-19(3)27(42)38-23)28(43)36-21(11-8-16-35-31(32)33)26(41)30-39-20-10-4-5-12-24(20)45-30/h4-5,10,12,18-19,21-23H,6-9,11,13-17H2,1-3H3,(H,34,40)(H,36,43)(H,37,44)(H,38,42)(H4,32,33,35)/t19-,21-,22?,23-/m0/s1. The molecule has 1 fully saturated rings. The van der Waals surface area contributed by atoms with Crippen LogP contribution >= 0.6 is 11.3 Å². The number of nitrogens with two attached hydrogens (primary N) is 2. The molecule has 45 heavy (non-hydrogen) atoms. The maximum absolute atomic E-state index is 13.8. The molecule has 1 unspecified atom stereocenters. The van der Waals surface area contributed by atoms with Crippen LogP contribution in [0.1, 0.15) is 81.9 Å². The highest BCUT2D eigenvalue weighted by atomic mass is 32.1. The van der Waals surface area contributed by atoms with Gasteiger partial charge in [-0.2, -0.15) is 0 Å².